The molecule has 0 aromatic heterocycles. The average molecular weight is 147 g/mol. The third kappa shape index (κ3) is 0.589. The van der Waals surface area contributed by atoms with E-state index >= 15 is 0 Å². The molecule has 2 bridgehead atoms. The van der Waals surface area contributed by atoms with Crippen molar-refractivity contribution in [2.45, 2.75) is 24.8 Å². The first kappa shape index (κ1) is 6.07. The monoisotopic (exact) mass is 147 g/mol. The van der Waals surface area contributed by atoms with Gasteiger partial charge >= 0.3 is 0 Å². The summed E-state index contributed by atoms with van der Waals surface area (Å²) < 4.78 is 25.3. The lowest BCUT2D eigenvalue weighted by Crippen LogP contribution is -2.41. The number of halogens is 2. The maximum Gasteiger partial charge on any atom is 0.261 e. The van der Waals surface area contributed by atoms with Crippen LogP contribution >= 0.6 is 0 Å². The van der Waals surface area contributed by atoms with Crippen LogP contribution in [-0.4, -0.2) is 17.9 Å². The van der Waals surface area contributed by atoms with Crippen LogP contribution < -0.4 is 5.32 Å². The third-order valence-electron chi connectivity index (χ3n) is 2.21. The van der Waals surface area contributed by atoms with Crippen molar-refractivity contribution in [3.63, 3.8) is 0 Å². The normalized spacial score (nSPS) is 42.0. The fourth-order valence-corrected chi connectivity index (χ4v) is 1.72. The van der Waals surface area contributed by atoms with E-state index in [1.165, 1.54) is 0 Å². The Morgan fingerprint density at radius 2 is 2.30 bits per heavy atom. The number of carbonyl (C=O) groups excluding carboxylic acids is 1. The number of nitrogens with one attached hydrogen (secondary N) is 1. The number of amides is 1. The van der Waals surface area contributed by atoms with E-state index in [2.05, 4.69) is 5.32 Å². The number of hydrogen-bond acceptors (Lipinski definition) is 1. The zero-order valence-corrected chi connectivity index (χ0v) is 5.23. The van der Waals surface area contributed by atoms with E-state index in [0.29, 0.717) is 6.42 Å². The Balaban J connectivity index is 2.28. The lowest BCUT2D eigenvalue weighted by Gasteiger charge is -2.20. The molecule has 0 aromatic carbocycles. The lowest BCUT2D eigenvalue weighted by molar-refractivity contribution is -0.137. The van der Waals surface area contributed by atoms with Gasteiger partial charge in [0.05, 0.1) is 0 Å². The van der Waals surface area contributed by atoms with E-state index in [1.54, 1.807) is 0 Å². The van der Waals surface area contributed by atoms with E-state index < -0.39 is 17.7 Å². The maximum atomic E-state index is 12.6. The van der Waals surface area contributed by atoms with Gasteiger partial charge in [-0.1, -0.05) is 0 Å². The van der Waals surface area contributed by atoms with Gasteiger partial charge in [0, 0.05) is 12.5 Å². The lowest BCUT2D eigenvalue weighted by atomic mass is 10.1. The molecule has 4 heteroatoms. The number of rotatable bonds is 0. The van der Waals surface area contributed by atoms with Crippen molar-refractivity contribution in [3.8, 4) is 0 Å². The fraction of sp³-hybridized carbons (Fsp3) is 0.833. The highest BCUT2D eigenvalue weighted by Crippen LogP contribution is 2.44. The second kappa shape index (κ2) is 1.49. The number of piperidine rings is 1. The zero-order chi connectivity index (χ0) is 7.35. The molecule has 2 atom stereocenters. The summed E-state index contributed by atoms with van der Waals surface area (Å²) in [6, 6.07) is -0.257. The number of alkyl halides is 2. The van der Waals surface area contributed by atoms with Crippen molar-refractivity contribution in [1.82, 2.24) is 5.32 Å². The summed E-state index contributed by atoms with van der Waals surface area (Å²) in [4.78, 5) is 10.7. The van der Waals surface area contributed by atoms with Crippen LogP contribution in [0.4, 0.5) is 8.78 Å². The Bertz CT molecular complexity index is 192. The van der Waals surface area contributed by atoms with Crippen LogP contribution in [-0.2, 0) is 4.79 Å². The number of carbonyl (C=O) groups is 1. The Labute approximate surface area is 56.6 Å². The van der Waals surface area contributed by atoms with E-state index in [4.69, 9.17) is 0 Å². The Kier molecular flexibility index (Phi) is 0.904. The van der Waals surface area contributed by atoms with E-state index in [1.807, 2.05) is 0 Å². The summed E-state index contributed by atoms with van der Waals surface area (Å²) in [7, 11) is 0. The molecule has 0 radical (unpaired) electrons. The molecule has 0 aromatic rings. The van der Waals surface area contributed by atoms with Gasteiger partial charge in [-0.05, 0) is 6.42 Å². The molecule has 10 heavy (non-hydrogen) atoms. The Morgan fingerprint density at radius 3 is 2.60 bits per heavy atom. The van der Waals surface area contributed by atoms with Gasteiger partial charge in [0.25, 0.3) is 5.92 Å². The first-order chi connectivity index (χ1) is 4.59. The predicted octanol–water partition coefficient (Wildman–Crippen LogP) is 0.530. The molecule has 56 valence electrons. The van der Waals surface area contributed by atoms with Crippen molar-refractivity contribution >= 4 is 5.91 Å². The molecule has 0 spiro atoms. The number of fused-ring (bicyclic) bond motifs is 2. The van der Waals surface area contributed by atoms with Gasteiger partial charge in [-0.3, -0.25) is 4.79 Å². The van der Waals surface area contributed by atoms with Gasteiger partial charge in [-0.2, -0.15) is 0 Å². The molecule has 1 aliphatic carbocycles. The highest BCUT2D eigenvalue weighted by atomic mass is 19.3. The van der Waals surface area contributed by atoms with Crippen LogP contribution in [0.1, 0.15) is 12.8 Å². The molecule has 1 saturated carbocycles. The molecule has 2 fully saturated rings. The first-order valence-corrected chi connectivity index (χ1v) is 3.28. The van der Waals surface area contributed by atoms with E-state index in [0.717, 1.165) is 0 Å². The van der Waals surface area contributed by atoms with Crippen LogP contribution in [0.2, 0.25) is 0 Å². The highest BCUT2D eigenvalue weighted by molar-refractivity contribution is 5.83. The van der Waals surface area contributed by atoms with E-state index in [-0.39, 0.29) is 12.5 Å². The predicted molar refractivity (Wildman–Crippen MR) is 29.6 cm³/mol. The van der Waals surface area contributed by atoms with Crippen molar-refractivity contribution in [3.05, 3.63) is 0 Å². The Hall–Kier alpha value is -0.670. The standard InChI is InChI=1S/C6H7F2NO/c7-6(8)2-3-1-4(6)5(10)9-3/h3-4H,1-2H2,(H,9,10)/t3-,4-/m0/s1. The summed E-state index contributed by atoms with van der Waals surface area (Å²) >= 11 is 0. The van der Waals surface area contributed by atoms with Gasteiger partial charge in [0.2, 0.25) is 5.91 Å². The molecule has 1 aliphatic heterocycles. The topological polar surface area (TPSA) is 29.1 Å². The summed E-state index contributed by atoms with van der Waals surface area (Å²) in [5, 5.41) is 2.49. The largest absolute Gasteiger partial charge is 0.353 e. The van der Waals surface area contributed by atoms with Gasteiger partial charge < -0.3 is 5.32 Å². The van der Waals surface area contributed by atoms with Gasteiger partial charge in [-0.15, -0.1) is 0 Å². The van der Waals surface area contributed by atoms with Crippen LogP contribution in [0.3, 0.4) is 0 Å². The maximum absolute atomic E-state index is 12.6. The van der Waals surface area contributed by atoms with Gasteiger partial charge in [0.15, 0.2) is 0 Å². The molecule has 1 heterocycles. The van der Waals surface area contributed by atoms with Crippen LogP contribution in [0.15, 0.2) is 0 Å². The molecule has 0 unspecified atom stereocenters. The second-order valence-electron chi connectivity index (χ2n) is 2.96. The smallest absolute Gasteiger partial charge is 0.261 e. The molecule has 2 nitrogen and oxygen atoms in total. The molecule has 2 aliphatic rings. The molecule has 2 rings (SSSR count). The highest BCUT2D eigenvalue weighted by Gasteiger charge is 2.57. The second-order valence-corrected chi connectivity index (χ2v) is 2.96. The molecule has 1 N–H and O–H groups in total. The molecular formula is C6H7F2NO. The minimum Gasteiger partial charge on any atom is -0.353 e. The molecular weight excluding hydrogens is 140 g/mol. The summed E-state index contributed by atoms with van der Waals surface area (Å²) in [6.45, 7) is 0. The number of hydrogen-bond donors (Lipinski definition) is 1. The first-order valence-electron chi connectivity index (χ1n) is 3.28. The SMILES string of the molecule is O=C1N[C@H]2C[C@@H]1C(F)(F)C2. The van der Waals surface area contributed by atoms with Crippen LogP contribution in [0, 0.1) is 5.92 Å². The van der Waals surface area contributed by atoms with Crippen molar-refractivity contribution in [2.24, 2.45) is 5.92 Å². The zero-order valence-electron chi connectivity index (χ0n) is 5.23. The summed E-state index contributed by atoms with van der Waals surface area (Å²) in [5.41, 5.74) is 0. The van der Waals surface area contributed by atoms with Gasteiger partial charge in [-0.25, -0.2) is 8.78 Å². The minimum atomic E-state index is -2.73. The quantitative estimate of drug-likeness (QED) is 0.532. The van der Waals surface area contributed by atoms with Crippen LogP contribution in [0.25, 0.3) is 0 Å². The van der Waals surface area contributed by atoms with E-state index in [9.17, 15) is 13.6 Å². The third-order valence-corrected chi connectivity index (χ3v) is 2.21. The van der Waals surface area contributed by atoms with Gasteiger partial charge in [0.1, 0.15) is 5.92 Å². The van der Waals surface area contributed by atoms with Crippen LogP contribution in [0.5, 0.6) is 0 Å². The van der Waals surface area contributed by atoms with Crippen molar-refractivity contribution < 1.29 is 13.6 Å². The summed E-state index contributed by atoms with van der Waals surface area (Å²) in [6.07, 6.45) is 0.162. The minimum absolute atomic E-state index is 0.163. The van der Waals surface area contributed by atoms with Crippen molar-refractivity contribution in [1.29, 1.82) is 0 Å². The molecule has 1 saturated heterocycles. The fourth-order valence-electron chi connectivity index (χ4n) is 1.72. The van der Waals surface area contributed by atoms with Crippen molar-refractivity contribution in [2.75, 3.05) is 0 Å². The summed E-state index contributed by atoms with van der Waals surface area (Å²) in [5.74, 6) is -4.23. The average Bonchev–Trinajstić information content (AvgIpc) is 2.18. The Morgan fingerprint density at radius 1 is 1.60 bits per heavy atom. The molecule has 1 amide bonds.